The highest BCUT2D eigenvalue weighted by atomic mass is 35.5. The van der Waals surface area contributed by atoms with E-state index in [0.717, 1.165) is 82.1 Å². The molecule has 2 aromatic heterocycles. The van der Waals surface area contributed by atoms with Crippen molar-refractivity contribution in [1.82, 2.24) is 40.4 Å². The molecular weight excluding hydrogens is 831 g/mol. The first-order chi connectivity index (χ1) is 28.9. The van der Waals surface area contributed by atoms with Gasteiger partial charge in [0.05, 0.1) is 50.1 Å². The van der Waals surface area contributed by atoms with E-state index in [1.54, 1.807) is 0 Å². The fourth-order valence-corrected chi connectivity index (χ4v) is 8.23. The average molecular weight is 888 g/mol. The van der Waals surface area contributed by atoms with Gasteiger partial charge < -0.3 is 39.9 Å². The second-order valence-electron chi connectivity index (χ2n) is 16.2. The summed E-state index contributed by atoms with van der Waals surface area (Å²) in [6.07, 6.45) is 5.66. The summed E-state index contributed by atoms with van der Waals surface area (Å²) >= 11 is 0. The number of benzene rings is 3. The van der Waals surface area contributed by atoms with E-state index in [-0.39, 0.29) is 60.5 Å². The first-order valence-electron chi connectivity index (χ1n) is 20.7. The van der Waals surface area contributed by atoms with Gasteiger partial charge in [-0.15, -0.1) is 24.8 Å². The van der Waals surface area contributed by atoms with E-state index < -0.39 is 24.3 Å². The van der Waals surface area contributed by atoms with Crippen LogP contribution in [0.2, 0.25) is 0 Å². The van der Waals surface area contributed by atoms with Gasteiger partial charge in [-0.1, -0.05) is 100 Å². The Morgan fingerprint density at radius 3 is 1.16 bits per heavy atom. The Labute approximate surface area is 374 Å². The molecule has 62 heavy (non-hydrogen) atoms. The van der Waals surface area contributed by atoms with Gasteiger partial charge in [0, 0.05) is 13.1 Å². The smallest absolute Gasteiger partial charge is 0.407 e. The maximum absolute atomic E-state index is 13.5. The van der Waals surface area contributed by atoms with Crippen LogP contribution in [0.15, 0.2) is 85.2 Å². The van der Waals surface area contributed by atoms with Crippen molar-refractivity contribution >= 4 is 48.8 Å². The highest BCUT2D eigenvalue weighted by Crippen LogP contribution is 2.35. The number of carbonyl (C=O) groups is 4. The zero-order valence-corrected chi connectivity index (χ0v) is 37.5. The number of ether oxygens (including phenoxy) is 2. The van der Waals surface area contributed by atoms with Crippen LogP contribution in [0.3, 0.4) is 0 Å². The Morgan fingerprint density at radius 2 is 0.871 bits per heavy atom. The summed E-state index contributed by atoms with van der Waals surface area (Å²) in [5.41, 5.74) is 8.08. The number of imidazole rings is 2. The molecule has 4 N–H and O–H groups in total. The molecule has 2 fully saturated rings. The molecule has 0 aliphatic carbocycles. The minimum Gasteiger partial charge on any atom is -0.453 e. The lowest BCUT2D eigenvalue weighted by atomic mass is 9.98. The second-order valence-corrected chi connectivity index (χ2v) is 16.2. The number of hydrogen-bond acceptors (Lipinski definition) is 8. The quantitative estimate of drug-likeness (QED) is 0.0962. The molecule has 0 radical (unpaired) electrons. The largest absolute Gasteiger partial charge is 0.453 e. The number of likely N-dealkylation sites (tertiary alicyclic amines) is 2. The summed E-state index contributed by atoms with van der Waals surface area (Å²) in [6, 6.07) is 23.4. The fourth-order valence-electron chi connectivity index (χ4n) is 8.23. The number of methoxy groups -OCH3 is 2. The van der Waals surface area contributed by atoms with E-state index in [9.17, 15) is 19.2 Å². The summed E-state index contributed by atoms with van der Waals surface area (Å²) in [5.74, 6) is 0.988. The van der Waals surface area contributed by atoms with E-state index in [4.69, 9.17) is 9.47 Å². The zero-order valence-electron chi connectivity index (χ0n) is 35.8. The van der Waals surface area contributed by atoms with Gasteiger partial charge >= 0.3 is 12.2 Å². The van der Waals surface area contributed by atoms with Crippen LogP contribution in [0.5, 0.6) is 0 Å². The third-order valence-corrected chi connectivity index (χ3v) is 11.6. The number of nitrogens with one attached hydrogen (secondary N) is 4. The van der Waals surface area contributed by atoms with Gasteiger partial charge in [-0.2, -0.15) is 0 Å². The lowest BCUT2D eigenvalue weighted by Gasteiger charge is -2.30. The molecule has 2 aliphatic heterocycles. The monoisotopic (exact) mass is 886 g/mol. The Morgan fingerprint density at radius 1 is 0.565 bits per heavy atom. The molecular formula is C46H56Cl2N8O6. The SMILES string of the molecule is COC(=O)N[C@H](C(=O)N1CCC[C@H]1c1ncc(-c2ccc(-c3ccc(-c4ccc(-c5cnc([C@@H]6CCCN6C(=O)[C@@H](NC(=O)OC)C(C)C)[nH]5)cc4)cc3)cc2)[nH]1)C(C)C.Cl.Cl. The summed E-state index contributed by atoms with van der Waals surface area (Å²) in [5, 5.41) is 5.40. The van der Waals surface area contributed by atoms with Crippen LogP contribution in [0.4, 0.5) is 9.59 Å². The van der Waals surface area contributed by atoms with Crippen LogP contribution in [0.25, 0.3) is 44.8 Å². The number of aromatic nitrogens is 4. The van der Waals surface area contributed by atoms with Gasteiger partial charge in [0.15, 0.2) is 0 Å². The lowest BCUT2D eigenvalue weighted by Crippen LogP contribution is -2.51. The summed E-state index contributed by atoms with van der Waals surface area (Å²) in [4.78, 5) is 70.9. The van der Waals surface area contributed by atoms with Crippen LogP contribution >= 0.6 is 24.8 Å². The number of carbonyl (C=O) groups excluding carboxylic acids is 4. The topological polar surface area (TPSA) is 175 Å². The number of hydrogen-bond donors (Lipinski definition) is 4. The predicted octanol–water partition coefficient (Wildman–Crippen LogP) is 8.73. The normalized spacial score (nSPS) is 16.9. The van der Waals surface area contributed by atoms with Crippen molar-refractivity contribution in [3.63, 3.8) is 0 Å². The molecule has 0 saturated carbocycles. The van der Waals surface area contributed by atoms with E-state index in [1.807, 2.05) is 49.9 Å². The van der Waals surface area contributed by atoms with Gasteiger partial charge in [0.1, 0.15) is 23.7 Å². The Balaban J connectivity index is 0.00000363. The predicted molar refractivity (Wildman–Crippen MR) is 243 cm³/mol. The Hall–Kier alpha value is -5.86. The molecule has 3 aromatic carbocycles. The number of rotatable bonds is 12. The van der Waals surface area contributed by atoms with Gasteiger partial charge in [-0.25, -0.2) is 19.6 Å². The molecule has 0 spiro atoms. The molecule has 4 heterocycles. The number of halogens is 2. The van der Waals surface area contributed by atoms with Gasteiger partial charge in [-0.05, 0) is 70.9 Å². The van der Waals surface area contributed by atoms with Crippen LogP contribution < -0.4 is 10.6 Å². The van der Waals surface area contributed by atoms with E-state index in [0.29, 0.717) is 13.1 Å². The molecule has 2 aliphatic rings. The first kappa shape index (κ1) is 47.2. The van der Waals surface area contributed by atoms with E-state index in [2.05, 4.69) is 103 Å². The third-order valence-electron chi connectivity index (χ3n) is 11.6. The average Bonchev–Trinajstić information content (AvgIpc) is 4.11. The minimum absolute atomic E-state index is 0. The second kappa shape index (κ2) is 20.8. The van der Waals surface area contributed by atoms with Crippen molar-refractivity contribution in [3.05, 3.63) is 96.8 Å². The lowest BCUT2D eigenvalue weighted by molar-refractivity contribution is -0.136. The summed E-state index contributed by atoms with van der Waals surface area (Å²) in [6.45, 7) is 8.81. The molecule has 330 valence electrons. The number of nitrogens with zero attached hydrogens (tertiary/aromatic N) is 4. The van der Waals surface area contributed by atoms with Crippen LogP contribution in [-0.4, -0.2) is 93.1 Å². The highest BCUT2D eigenvalue weighted by molar-refractivity contribution is 5.87. The van der Waals surface area contributed by atoms with Crippen molar-refractivity contribution in [3.8, 4) is 44.8 Å². The fraction of sp³-hybridized carbons (Fsp3) is 0.391. The highest BCUT2D eigenvalue weighted by Gasteiger charge is 2.39. The maximum Gasteiger partial charge on any atom is 0.407 e. The summed E-state index contributed by atoms with van der Waals surface area (Å²) in [7, 11) is 2.58. The van der Waals surface area contributed by atoms with E-state index in [1.165, 1.54) is 14.2 Å². The number of aromatic amines is 2. The molecule has 16 heteroatoms. The van der Waals surface area contributed by atoms with Crippen molar-refractivity contribution in [2.75, 3.05) is 27.3 Å². The molecule has 4 atom stereocenters. The summed E-state index contributed by atoms with van der Waals surface area (Å²) < 4.78 is 9.52. The standard InChI is InChI=1S/C46H54N8O6.2ClH/c1-27(2)39(51-45(57)59-5)43(55)53-23-7-9-37(53)41-47-25-35(49-41)33-19-15-31(16-20-33)29-11-13-30(14-12-29)32-17-21-34(22-18-32)36-26-48-42(50-36)38-10-8-24-54(38)44(56)40(28(3)4)52-46(58)60-6;;/h11-22,25-28,37-40H,7-10,23-24H2,1-6H3,(H,47,49)(H,48,50)(H,51,57)(H,52,58);2*1H/t37-,38-,39-,40-;;/m0../s1. The number of H-pyrrole nitrogens is 2. The van der Waals surface area contributed by atoms with Gasteiger partial charge in [0.25, 0.3) is 0 Å². The van der Waals surface area contributed by atoms with Crippen LogP contribution in [0.1, 0.15) is 77.1 Å². The molecule has 5 aromatic rings. The van der Waals surface area contributed by atoms with E-state index >= 15 is 0 Å². The first-order valence-corrected chi connectivity index (χ1v) is 20.7. The van der Waals surface area contributed by atoms with Crippen molar-refractivity contribution < 1.29 is 28.7 Å². The van der Waals surface area contributed by atoms with Crippen molar-refractivity contribution in [2.45, 2.75) is 77.5 Å². The molecule has 4 amide bonds. The van der Waals surface area contributed by atoms with Crippen molar-refractivity contribution in [1.29, 1.82) is 0 Å². The minimum atomic E-state index is -0.684. The number of alkyl carbamates (subject to hydrolysis) is 2. The van der Waals surface area contributed by atoms with Gasteiger partial charge in [-0.3, -0.25) is 9.59 Å². The third kappa shape index (κ3) is 10.2. The molecule has 0 unspecified atom stereocenters. The Bertz CT molecular complexity index is 2130. The van der Waals surface area contributed by atoms with Crippen molar-refractivity contribution in [2.24, 2.45) is 11.8 Å². The molecule has 0 bridgehead atoms. The maximum atomic E-state index is 13.5. The Kier molecular flexibility index (Phi) is 15.8. The van der Waals surface area contributed by atoms with Gasteiger partial charge in [0.2, 0.25) is 11.8 Å². The zero-order chi connectivity index (χ0) is 42.5. The number of amides is 4. The molecule has 2 saturated heterocycles. The molecule has 14 nitrogen and oxygen atoms in total. The van der Waals surface area contributed by atoms with Crippen LogP contribution in [-0.2, 0) is 19.1 Å². The van der Waals surface area contributed by atoms with Crippen LogP contribution in [0, 0.1) is 11.8 Å². The molecule has 7 rings (SSSR count).